The maximum Gasteiger partial charge on any atom is 0.340 e. The molecule has 3 fully saturated rings. The summed E-state index contributed by atoms with van der Waals surface area (Å²) in [5, 5.41) is 0. The Morgan fingerprint density at radius 3 is 2.50 bits per heavy atom. The third-order valence-electron chi connectivity index (χ3n) is 5.92. The monoisotopic (exact) mass is 438 g/mol. The molecule has 166 valence electrons. The quantitative estimate of drug-likeness (QED) is 0.628. The first kappa shape index (κ1) is 21.5. The van der Waals surface area contributed by atoms with E-state index in [1.165, 1.54) is 16.8 Å². The van der Waals surface area contributed by atoms with Crippen molar-refractivity contribution < 1.29 is 27.4 Å². The molecule has 30 heavy (non-hydrogen) atoms. The lowest BCUT2D eigenvalue weighted by atomic mass is 10.1. The van der Waals surface area contributed by atoms with E-state index in [-0.39, 0.29) is 17.6 Å². The highest BCUT2D eigenvalue weighted by Crippen LogP contribution is 2.29. The first-order valence-electron chi connectivity index (χ1n) is 10.8. The van der Waals surface area contributed by atoms with Crippen molar-refractivity contribution in [3.8, 4) is 0 Å². The van der Waals surface area contributed by atoms with Gasteiger partial charge in [0, 0.05) is 32.8 Å². The lowest BCUT2D eigenvalue weighted by molar-refractivity contribution is 0.0161. The summed E-state index contributed by atoms with van der Waals surface area (Å²) in [7, 11) is -3.69. The second kappa shape index (κ2) is 9.64. The topological polar surface area (TPSA) is 85.4 Å². The fourth-order valence-corrected chi connectivity index (χ4v) is 5.64. The van der Waals surface area contributed by atoms with Crippen LogP contribution in [0.5, 0.6) is 0 Å². The number of morpholine rings is 1. The Bertz CT molecular complexity index is 841. The van der Waals surface area contributed by atoms with E-state index in [4.69, 9.17) is 14.2 Å². The minimum atomic E-state index is -3.69. The molecule has 0 N–H and O–H groups in total. The highest BCUT2D eigenvalue weighted by atomic mass is 32.2. The minimum absolute atomic E-state index is 0.0762. The van der Waals surface area contributed by atoms with Crippen molar-refractivity contribution in [2.24, 2.45) is 0 Å². The van der Waals surface area contributed by atoms with E-state index in [1.807, 2.05) is 0 Å². The second-order valence-electron chi connectivity index (χ2n) is 7.98. The highest BCUT2D eigenvalue weighted by molar-refractivity contribution is 7.89. The van der Waals surface area contributed by atoms with Crippen molar-refractivity contribution in [3.63, 3.8) is 0 Å². The Morgan fingerprint density at radius 1 is 1.03 bits per heavy atom. The van der Waals surface area contributed by atoms with Gasteiger partial charge in [0.05, 0.1) is 35.5 Å². The Morgan fingerprint density at radius 2 is 1.80 bits per heavy atom. The number of anilines is 1. The fraction of sp³-hybridized carbons (Fsp3) is 0.667. The summed E-state index contributed by atoms with van der Waals surface area (Å²) in [6.07, 6.45) is 5.04. The number of nitrogens with zero attached hydrogens (tertiary/aromatic N) is 2. The molecule has 0 aliphatic carbocycles. The molecule has 1 atom stereocenters. The molecule has 9 heteroatoms. The van der Waals surface area contributed by atoms with Gasteiger partial charge in [-0.05, 0) is 50.3 Å². The van der Waals surface area contributed by atoms with Gasteiger partial charge in [-0.25, -0.2) is 13.2 Å². The van der Waals surface area contributed by atoms with Crippen molar-refractivity contribution >= 4 is 21.7 Å². The Balaban J connectivity index is 1.60. The highest BCUT2D eigenvalue weighted by Gasteiger charge is 2.29. The summed E-state index contributed by atoms with van der Waals surface area (Å²) in [6, 6.07) is 4.83. The van der Waals surface area contributed by atoms with Crippen LogP contribution < -0.4 is 4.90 Å². The van der Waals surface area contributed by atoms with Crippen molar-refractivity contribution in [1.29, 1.82) is 0 Å². The zero-order valence-corrected chi connectivity index (χ0v) is 18.1. The number of esters is 1. The molecule has 1 unspecified atom stereocenters. The molecule has 3 heterocycles. The molecule has 8 nitrogen and oxygen atoms in total. The predicted molar refractivity (Wildman–Crippen MR) is 111 cm³/mol. The van der Waals surface area contributed by atoms with Gasteiger partial charge in [0.1, 0.15) is 6.61 Å². The first-order chi connectivity index (χ1) is 14.6. The number of sulfonamides is 1. The molecule has 0 spiro atoms. The van der Waals surface area contributed by atoms with Gasteiger partial charge >= 0.3 is 5.97 Å². The van der Waals surface area contributed by atoms with Crippen LogP contribution in [-0.4, -0.2) is 77.4 Å². The summed E-state index contributed by atoms with van der Waals surface area (Å²) in [5.41, 5.74) is 1.05. The summed E-state index contributed by atoms with van der Waals surface area (Å²) in [6.45, 7) is 3.96. The average molecular weight is 439 g/mol. The molecule has 4 rings (SSSR count). The largest absolute Gasteiger partial charge is 0.459 e. The third kappa shape index (κ3) is 4.80. The van der Waals surface area contributed by atoms with Crippen LogP contribution in [0.3, 0.4) is 0 Å². The molecule has 0 radical (unpaired) electrons. The number of hydrogen-bond donors (Lipinski definition) is 0. The number of ether oxygens (including phenoxy) is 3. The summed E-state index contributed by atoms with van der Waals surface area (Å²) >= 11 is 0. The standard InChI is InChI=1S/C21H30N2O6S/c24-21(29-16-17-5-4-12-28-17)19-15-18(30(25,26)23-10-13-27-14-11-23)6-7-20(19)22-8-2-1-3-9-22/h6-7,15,17H,1-5,8-14,16H2. The van der Waals surface area contributed by atoms with Gasteiger partial charge in [-0.2, -0.15) is 4.31 Å². The molecule has 3 aliphatic rings. The summed E-state index contributed by atoms with van der Waals surface area (Å²) in [4.78, 5) is 15.3. The minimum Gasteiger partial charge on any atom is -0.459 e. The Labute approximate surface area is 178 Å². The van der Waals surface area contributed by atoms with Crippen molar-refractivity contribution in [3.05, 3.63) is 23.8 Å². The van der Waals surface area contributed by atoms with Crippen LogP contribution in [0.15, 0.2) is 23.1 Å². The zero-order valence-electron chi connectivity index (χ0n) is 17.3. The molecule has 1 aromatic carbocycles. The summed E-state index contributed by atoms with van der Waals surface area (Å²) < 4.78 is 44.0. The second-order valence-corrected chi connectivity index (χ2v) is 9.91. The van der Waals surface area contributed by atoms with Gasteiger partial charge in [-0.15, -0.1) is 0 Å². The molecular weight excluding hydrogens is 408 g/mol. The van der Waals surface area contributed by atoms with Gasteiger partial charge in [0.15, 0.2) is 0 Å². The molecule has 0 bridgehead atoms. The molecule has 3 saturated heterocycles. The van der Waals surface area contributed by atoms with Gasteiger partial charge in [0.2, 0.25) is 10.0 Å². The van der Waals surface area contributed by atoms with Crippen molar-refractivity contribution in [2.45, 2.75) is 43.1 Å². The van der Waals surface area contributed by atoms with E-state index in [0.29, 0.717) is 38.5 Å². The maximum atomic E-state index is 13.1. The third-order valence-corrected chi connectivity index (χ3v) is 7.81. The fourth-order valence-electron chi connectivity index (χ4n) is 4.21. The maximum absolute atomic E-state index is 13.1. The Kier molecular flexibility index (Phi) is 6.92. The summed E-state index contributed by atoms with van der Waals surface area (Å²) in [5.74, 6) is -0.495. The van der Waals surface area contributed by atoms with Crippen LogP contribution in [0.4, 0.5) is 5.69 Å². The lowest BCUT2D eigenvalue weighted by Crippen LogP contribution is -2.40. The van der Waals surface area contributed by atoms with Crippen LogP contribution in [0.2, 0.25) is 0 Å². The molecular formula is C21H30N2O6S. The number of rotatable bonds is 6. The molecule has 0 amide bonds. The lowest BCUT2D eigenvalue weighted by Gasteiger charge is -2.31. The van der Waals surface area contributed by atoms with Gasteiger partial charge in [-0.3, -0.25) is 0 Å². The number of carbonyl (C=O) groups excluding carboxylic acids is 1. The van der Waals surface area contributed by atoms with E-state index in [1.54, 1.807) is 12.1 Å². The van der Waals surface area contributed by atoms with Gasteiger partial charge in [-0.1, -0.05) is 0 Å². The molecule has 0 saturated carbocycles. The predicted octanol–water partition coefficient (Wildman–Crippen LogP) is 2.03. The molecule has 1 aromatic rings. The van der Waals surface area contributed by atoms with Gasteiger partial charge in [0.25, 0.3) is 0 Å². The van der Waals surface area contributed by atoms with E-state index >= 15 is 0 Å². The van der Waals surface area contributed by atoms with Crippen molar-refractivity contribution in [1.82, 2.24) is 4.31 Å². The van der Waals surface area contributed by atoms with Crippen LogP contribution in [0, 0.1) is 0 Å². The van der Waals surface area contributed by atoms with Crippen LogP contribution in [-0.2, 0) is 24.2 Å². The smallest absolute Gasteiger partial charge is 0.340 e. The van der Waals surface area contributed by atoms with E-state index < -0.39 is 16.0 Å². The van der Waals surface area contributed by atoms with E-state index in [9.17, 15) is 13.2 Å². The molecule has 3 aliphatic heterocycles. The van der Waals surface area contributed by atoms with Crippen molar-refractivity contribution in [2.75, 3.05) is 57.5 Å². The molecule has 0 aromatic heterocycles. The number of hydrogen-bond acceptors (Lipinski definition) is 7. The van der Waals surface area contributed by atoms with Crippen LogP contribution in [0.25, 0.3) is 0 Å². The van der Waals surface area contributed by atoms with Crippen LogP contribution >= 0.6 is 0 Å². The van der Waals surface area contributed by atoms with E-state index in [0.717, 1.165) is 44.5 Å². The number of benzene rings is 1. The van der Waals surface area contributed by atoms with E-state index in [2.05, 4.69) is 4.90 Å². The zero-order chi connectivity index (χ0) is 21.0. The first-order valence-corrected chi connectivity index (χ1v) is 12.3. The number of piperidine rings is 1. The normalized spacial score (nSPS) is 23.5. The Hall–Kier alpha value is -1.68. The number of carbonyl (C=O) groups is 1. The van der Waals surface area contributed by atoms with Crippen LogP contribution in [0.1, 0.15) is 42.5 Å². The average Bonchev–Trinajstić information content (AvgIpc) is 3.32. The SMILES string of the molecule is O=C(OCC1CCCO1)c1cc(S(=O)(=O)N2CCOCC2)ccc1N1CCCCC1. The van der Waals surface area contributed by atoms with Gasteiger partial charge < -0.3 is 19.1 Å².